The van der Waals surface area contributed by atoms with Crippen molar-refractivity contribution in [1.29, 1.82) is 0 Å². The van der Waals surface area contributed by atoms with Gasteiger partial charge in [-0.2, -0.15) is 0 Å². The Bertz CT molecular complexity index is 324. The van der Waals surface area contributed by atoms with Gasteiger partial charge in [0.25, 0.3) is 0 Å². The van der Waals surface area contributed by atoms with E-state index in [0.717, 1.165) is 12.3 Å². The molecule has 0 radical (unpaired) electrons. The second-order valence-corrected chi connectivity index (χ2v) is 5.35. The zero-order valence-corrected chi connectivity index (χ0v) is 12.7. The fourth-order valence-corrected chi connectivity index (χ4v) is 2.66. The van der Waals surface area contributed by atoms with Gasteiger partial charge >= 0.3 is 0 Å². The Kier molecular flexibility index (Phi) is 6.42. The highest BCUT2D eigenvalue weighted by atomic mass is 14.9. The van der Waals surface area contributed by atoms with Crippen LogP contribution in [0.4, 0.5) is 0 Å². The molecule has 0 saturated carbocycles. The molecule has 0 bridgehead atoms. The van der Waals surface area contributed by atoms with E-state index >= 15 is 0 Å². The molecule has 1 aromatic rings. The van der Waals surface area contributed by atoms with Crippen molar-refractivity contribution in [2.75, 3.05) is 0 Å². The molecule has 1 N–H and O–H groups in total. The molecule has 0 spiro atoms. The summed E-state index contributed by atoms with van der Waals surface area (Å²) in [6.07, 6.45) is 3.63. The van der Waals surface area contributed by atoms with Gasteiger partial charge in [-0.25, -0.2) is 0 Å². The number of rotatable bonds is 7. The first kappa shape index (κ1) is 15.2. The average molecular weight is 247 g/mol. The third kappa shape index (κ3) is 4.13. The van der Waals surface area contributed by atoms with E-state index in [1.807, 2.05) is 0 Å². The summed E-state index contributed by atoms with van der Waals surface area (Å²) in [4.78, 5) is 0. The third-order valence-electron chi connectivity index (χ3n) is 4.16. The number of hydrogen-bond donors (Lipinski definition) is 1. The molecule has 1 aromatic carbocycles. The molecule has 1 heteroatoms. The molecule has 0 aliphatic carbocycles. The van der Waals surface area contributed by atoms with Crippen LogP contribution in [-0.4, -0.2) is 6.04 Å². The molecule has 1 nitrogen and oxygen atoms in total. The molecule has 0 fully saturated rings. The maximum atomic E-state index is 3.74. The van der Waals surface area contributed by atoms with Crippen LogP contribution in [0.1, 0.15) is 64.6 Å². The summed E-state index contributed by atoms with van der Waals surface area (Å²) in [5.74, 6) is 0.780. The van der Waals surface area contributed by atoms with Crippen LogP contribution in [0.5, 0.6) is 0 Å². The van der Waals surface area contributed by atoms with E-state index in [-0.39, 0.29) is 0 Å². The van der Waals surface area contributed by atoms with Crippen LogP contribution in [0.25, 0.3) is 0 Å². The van der Waals surface area contributed by atoms with Gasteiger partial charge in [-0.15, -0.1) is 0 Å². The summed E-state index contributed by atoms with van der Waals surface area (Å²) in [7, 11) is 0. The average Bonchev–Trinajstić information content (AvgIpc) is 2.40. The maximum Gasteiger partial charge on any atom is 0.0294 e. The number of aryl methyl sites for hydroxylation is 1. The molecule has 18 heavy (non-hydrogen) atoms. The van der Waals surface area contributed by atoms with Crippen LogP contribution in [0.3, 0.4) is 0 Å². The lowest BCUT2D eigenvalue weighted by atomic mass is 9.94. The van der Waals surface area contributed by atoms with Crippen molar-refractivity contribution >= 4 is 0 Å². The second kappa shape index (κ2) is 7.58. The van der Waals surface area contributed by atoms with Crippen LogP contribution in [0.15, 0.2) is 24.3 Å². The quantitative estimate of drug-likeness (QED) is 0.735. The van der Waals surface area contributed by atoms with Crippen LogP contribution >= 0.6 is 0 Å². The second-order valence-electron chi connectivity index (χ2n) is 5.35. The minimum atomic E-state index is 0.437. The van der Waals surface area contributed by atoms with Gasteiger partial charge in [-0.3, -0.25) is 0 Å². The van der Waals surface area contributed by atoms with Gasteiger partial charge in [0.1, 0.15) is 0 Å². The smallest absolute Gasteiger partial charge is 0.0294 e. The highest BCUT2D eigenvalue weighted by Gasteiger charge is 2.16. The largest absolute Gasteiger partial charge is 0.307 e. The van der Waals surface area contributed by atoms with Crippen molar-refractivity contribution < 1.29 is 0 Å². The summed E-state index contributed by atoms with van der Waals surface area (Å²) >= 11 is 0. The first-order chi connectivity index (χ1) is 8.62. The predicted molar refractivity (Wildman–Crippen MR) is 80.9 cm³/mol. The molecule has 2 atom stereocenters. The van der Waals surface area contributed by atoms with Crippen LogP contribution in [0, 0.1) is 5.92 Å². The standard InChI is InChI=1S/C17H29N/c1-6-15-9-11-17(12-10-15)14(5)18-13(4)16(7-2)8-3/h9-14,16,18H,6-8H2,1-5H3. The molecule has 2 unspecified atom stereocenters. The molecule has 0 aliphatic heterocycles. The van der Waals surface area contributed by atoms with Gasteiger partial charge in [0.2, 0.25) is 0 Å². The van der Waals surface area contributed by atoms with Crippen molar-refractivity contribution in [3.05, 3.63) is 35.4 Å². The monoisotopic (exact) mass is 247 g/mol. The number of nitrogens with one attached hydrogen (secondary N) is 1. The molecule has 102 valence electrons. The molecular formula is C17H29N. The zero-order valence-electron chi connectivity index (χ0n) is 12.7. The lowest BCUT2D eigenvalue weighted by Crippen LogP contribution is -2.34. The number of hydrogen-bond acceptors (Lipinski definition) is 1. The van der Waals surface area contributed by atoms with E-state index in [1.54, 1.807) is 0 Å². The Morgan fingerprint density at radius 3 is 1.94 bits per heavy atom. The molecular weight excluding hydrogens is 218 g/mol. The number of benzene rings is 1. The first-order valence-corrected chi connectivity index (χ1v) is 7.47. The van der Waals surface area contributed by atoms with Crippen molar-refractivity contribution in [2.45, 2.75) is 66.0 Å². The van der Waals surface area contributed by atoms with E-state index in [0.29, 0.717) is 12.1 Å². The molecule has 0 saturated heterocycles. The van der Waals surface area contributed by atoms with E-state index in [4.69, 9.17) is 0 Å². The SMILES string of the molecule is CCc1ccc(C(C)NC(C)C(CC)CC)cc1. The fourth-order valence-electron chi connectivity index (χ4n) is 2.66. The highest BCUT2D eigenvalue weighted by molar-refractivity contribution is 5.24. The zero-order chi connectivity index (χ0) is 13.5. The summed E-state index contributed by atoms with van der Waals surface area (Å²) in [6.45, 7) is 11.3. The fraction of sp³-hybridized carbons (Fsp3) is 0.647. The van der Waals surface area contributed by atoms with Crippen molar-refractivity contribution in [3.63, 3.8) is 0 Å². The van der Waals surface area contributed by atoms with Crippen molar-refractivity contribution in [3.8, 4) is 0 Å². The molecule has 0 aliphatic rings. The first-order valence-electron chi connectivity index (χ1n) is 7.47. The maximum absolute atomic E-state index is 3.74. The van der Waals surface area contributed by atoms with Crippen LogP contribution < -0.4 is 5.32 Å². The topological polar surface area (TPSA) is 12.0 Å². The Hall–Kier alpha value is -0.820. The molecule has 0 amide bonds. The highest BCUT2D eigenvalue weighted by Crippen LogP contribution is 2.19. The van der Waals surface area contributed by atoms with Gasteiger partial charge in [-0.05, 0) is 37.3 Å². The summed E-state index contributed by atoms with van der Waals surface area (Å²) in [6, 6.07) is 10.0. The Morgan fingerprint density at radius 1 is 0.944 bits per heavy atom. The normalized spacial score (nSPS) is 14.8. The predicted octanol–water partition coefficient (Wildman–Crippen LogP) is 4.72. The third-order valence-corrected chi connectivity index (χ3v) is 4.16. The van der Waals surface area contributed by atoms with E-state index in [2.05, 4.69) is 64.2 Å². The van der Waals surface area contributed by atoms with E-state index < -0.39 is 0 Å². The summed E-state index contributed by atoms with van der Waals surface area (Å²) in [5, 5.41) is 3.74. The lowest BCUT2D eigenvalue weighted by Gasteiger charge is -2.26. The lowest BCUT2D eigenvalue weighted by molar-refractivity contribution is 0.330. The van der Waals surface area contributed by atoms with Crippen LogP contribution in [-0.2, 0) is 6.42 Å². The van der Waals surface area contributed by atoms with Gasteiger partial charge < -0.3 is 5.32 Å². The van der Waals surface area contributed by atoms with Crippen molar-refractivity contribution in [2.24, 2.45) is 5.92 Å². The van der Waals surface area contributed by atoms with Gasteiger partial charge in [-0.1, -0.05) is 57.9 Å². The van der Waals surface area contributed by atoms with E-state index in [9.17, 15) is 0 Å². The van der Waals surface area contributed by atoms with Gasteiger partial charge in [0.15, 0.2) is 0 Å². The minimum absolute atomic E-state index is 0.437. The summed E-state index contributed by atoms with van der Waals surface area (Å²) < 4.78 is 0. The van der Waals surface area contributed by atoms with Gasteiger partial charge in [0.05, 0.1) is 0 Å². The Morgan fingerprint density at radius 2 is 1.50 bits per heavy atom. The Labute approximate surface area is 113 Å². The Balaban J connectivity index is 2.60. The molecule has 1 rings (SSSR count). The van der Waals surface area contributed by atoms with E-state index in [1.165, 1.54) is 24.0 Å². The van der Waals surface area contributed by atoms with Crippen molar-refractivity contribution in [1.82, 2.24) is 5.32 Å². The molecule has 0 heterocycles. The van der Waals surface area contributed by atoms with Gasteiger partial charge in [0, 0.05) is 12.1 Å². The van der Waals surface area contributed by atoms with Crippen LogP contribution in [0.2, 0.25) is 0 Å². The summed E-state index contributed by atoms with van der Waals surface area (Å²) in [5.41, 5.74) is 2.81. The molecule has 0 aromatic heterocycles. The minimum Gasteiger partial charge on any atom is -0.307 e.